The van der Waals surface area contributed by atoms with Crippen molar-refractivity contribution in [1.82, 2.24) is 0 Å². The van der Waals surface area contributed by atoms with Gasteiger partial charge < -0.3 is 9.15 Å². The highest BCUT2D eigenvalue weighted by atomic mass is 32.2. The molecule has 1 aliphatic heterocycles. The molecule has 0 N–H and O–H groups in total. The van der Waals surface area contributed by atoms with Crippen LogP contribution in [0.25, 0.3) is 0 Å². The van der Waals surface area contributed by atoms with Gasteiger partial charge in [0.05, 0.1) is 30.3 Å². The Balaban J connectivity index is 1.36. The van der Waals surface area contributed by atoms with E-state index in [1.807, 2.05) is 26.8 Å². The topological polar surface area (TPSA) is 99.9 Å². The maximum atomic E-state index is 13.1. The van der Waals surface area contributed by atoms with Crippen LogP contribution in [0, 0.1) is 22.2 Å². The molecule has 33 heavy (non-hydrogen) atoms. The highest BCUT2D eigenvalue weighted by Gasteiger charge is 2.65. The smallest absolute Gasteiger partial charge is 0.331 e. The van der Waals surface area contributed by atoms with Gasteiger partial charge in [-0.3, -0.25) is 8.98 Å². The molecule has 0 spiro atoms. The van der Waals surface area contributed by atoms with E-state index in [9.17, 15) is 18.0 Å². The lowest BCUT2D eigenvalue weighted by atomic mass is 9.65. The molecular weight excluding hydrogens is 444 g/mol. The summed E-state index contributed by atoms with van der Waals surface area (Å²) in [5, 5.41) is 0. The molecule has 7 nitrogen and oxygen atoms in total. The zero-order valence-corrected chi connectivity index (χ0v) is 20.1. The van der Waals surface area contributed by atoms with Crippen LogP contribution in [0.2, 0.25) is 0 Å². The van der Waals surface area contributed by atoms with Crippen molar-refractivity contribution in [3.63, 3.8) is 0 Å². The Morgan fingerprint density at radius 3 is 2.61 bits per heavy atom. The predicted octanol–water partition coefficient (Wildman–Crippen LogP) is 4.27. The number of allylic oxidation sites excluding steroid dienone is 1. The van der Waals surface area contributed by atoms with Crippen molar-refractivity contribution in [3.8, 4) is 0 Å². The van der Waals surface area contributed by atoms with Crippen LogP contribution in [0.5, 0.6) is 0 Å². The number of ether oxygens (including phenoxy) is 1. The predicted molar refractivity (Wildman–Crippen MR) is 119 cm³/mol. The van der Waals surface area contributed by atoms with Crippen LogP contribution in [-0.2, 0) is 28.6 Å². The van der Waals surface area contributed by atoms with Crippen LogP contribution in [-0.4, -0.2) is 32.5 Å². The second-order valence-corrected chi connectivity index (χ2v) is 12.4. The molecule has 8 heteroatoms. The van der Waals surface area contributed by atoms with Gasteiger partial charge in [-0.15, -0.1) is 0 Å². The number of carbonyl (C=O) groups is 2. The summed E-state index contributed by atoms with van der Waals surface area (Å²) in [4.78, 5) is 25.2. The van der Waals surface area contributed by atoms with Crippen LogP contribution >= 0.6 is 0 Å². The second-order valence-electron chi connectivity index (χ2n) is 10.7. The first-order chi connectivity index (χ1) is 15.5. The lowest BCUT2D eigenvalue weighted by Gasteiger charge is -2.44. The largest absolute Gasteiger partial charge is 0.472 e. The van der Waals surface area contributed by atoms with Gasteiger partial charge in [-0.2, -0.15) is 8.42 Å². The molecule has 1 aromatic rings. The number of cyclic esters (lactones) is 1. The molecule has 2 saturated carbocycles. The SMILES string of the molecule is CC1(C)[C@@H]2CC[C@@]1(CS(=O)(=O)OCC1=CCC[C@]3(C)C1=CC(=O)O[C@H]3c1ccoc1)C(=O)C2. The van der Waals surface area contributed by atoms with Crippen LogP contribution in [0.3, 0.4) is 0 Å². The maximum Gasteiger partial charge on any atom is 0.331 e. The summed E-state index contributed by atoms with van der Waals surface area (Å²) in [7, 11) is -3.96. The quantitative estimate of drug-likeness (QED) is 0.448. The summed E-state index contributed by atoms with van der Waals surface area (Å²) < 4.78 is 42.5. The van der Waals surface area contributed by atoms with Crippen molar-refractivity contribution in [2.45, 2.75) is 59.0 Å². The lowest BCUT2D eigenvalue weighted by molar-refractivity contribution is -0.152. The van der Waals surface area contributed by atoms with Crippen molar-refractivity contribution in [1.29, 1.82) is 0 Å². The molecule has 2 heterocycles. The summed E-state index contributed by atoms with van der Waals surface area (Å²) in [5.41, 5.74) is 0.445. The third-order valence-corrected chi connectivity index (χ3v) is 10.2. The average Bonchev–Trinajstić information content (AvgIpc) is 3.39. The Hall–Kier alpha value is -2.19. The zero-order chi connectivity index (χ0) is 23.6. The highest BCUT2D eigenvalue weighted by Crippen LogP contribution is 2.64. The van der Waals surface area contributed by atoms with Crippen LogP contribution in [0.15, 0.2) is 46.3 Å². The van der Waals surface area contributed by atoms with Gasteiger partial charge in [-0.05, 0) is 54.2 Å². The number of furan rings is 1. The molecule has 5 rings (SSSR count). The standard InChI is InChI=1S/C25H30O7S/c1-23(2)18-6-9-25(23,20(26)11-18)15-33(28,29)31-14-16-5-4-8-24(3)19(16)12-21(27)32-22(24)17-7-10-30-13-17/h5,7,10,12-13,18,22H,4,6,8-9,11,14-15H2,1-3H3/t18-,22+,24-,25-/m1/s1. The molecule has 1 aromatic heterocycles. The van der Waals surface area contributed by atoms with Crippen molar-refractivity contribution in [3.05, 3.63) is 47.5 Å². The second kappa shape index (κ2) is 7.40. The van der Waals surface area contributed by atoms with E-state index in [4.69, 9.17) is 13.3 Å². The molecule has 4 atom stereocenters. The fourth-order valence-electron chi connectivity index (χ4n) is 6.69. The van der Waals surface area contributed by atoms with Crippen molar-refractivity contribution in [2.24, 2.45) is 22.2 Å². The van der Waals surface area contributed by atoms with Crippen LogP contribution < -0.4 is 0 Å². The van der Waals surface area contributed by atoms with Crippen molar-refractivity contribution >= 4 is 21.9 Å². The Morgan fingerprint density at radius 2 is 1.97 bits per heavy atom. The molecule has 4 aliphatic rings. The summed E-state index contributed by atoms with van der Waals surface area (Å²) in [6.07, 6.45) is 9.34. The fraction of sp³-hybridized carbons (Fsp3) is 0.600. The lowest BCUT2D eigenvalue weighted by Crippen LogP contribution is -2.43. The van der Waals surface area contributed by atoms with E-state index in [1.165, 1.54) is 6.08 Å². The van der Waals surface area contributed by atoms with Crippen LogP contribution in [0.4, 0.5) is 0 Å². The summed E-state index contributed by atoms with van der Waals surface area (Å²) in [6, 6.07) is 1.78. The molecule has 0 aromatic carbocycles. The normalized spacial score (nSPS) is 35.1. The molecule has 2 fully saturated rings. The minimum atomic E-state index is -3.96. The van der Waals surface area contributed by atoms with Gasteiger partial charge in [-0.1, -0.05) is 26.8 Å². The average molecular weight is 475 g/mol. The molecule has 3 aliphatic carbocycles. The van der Waals surface area contributed by atoms with Gasteiger partial charge >= 0.3 is 5.97 Å². The number of hydrogen-bond donors (Lipinski definition) is 0. The summed E-state index contributed by atoms with van der Waals surface area (Å²) >= 11 is 0. The number of ketones is 1. The monoisotopic (exact) mass is 474 g/mol. The van der Waals surface area contributed by atoms with E-state index in [2.05, 4.69) is 0 Å². The molecule has 2 bridgehead atoms. The van der Waals surface area contributed by atoms with Gasteiger partial charge in [0.2, 0.25) is 0 Å². The molecule has 0 unspecified atom stereocenters. The Morgan fingerprint density at radius 1 is 1.18 bits per heavy atom. The molecule has 178 valence electrons. The number of esters is 1. The fourth-order valence-corrected chi connectivity index (χ4v) is 8.36. The van der Waals surface area contributed by atoms with E-state index in [0.717, 1.165) is 24.0 Å². The van der Waals surface area contributed by atoms with E-state index in [-0.39, 0.29) is 29.5 Å². The highest BCUT2D eigenvalue weighted by molar-refractivity contribution is 7.86. The van der Waals surface area contributed by atoms with Crippen LogP contribution in [0.1, 0.15) is 64.5 Å². The van der Waals surface area contributed by atoms with Gasteiger partial charge in [0.15, 0.2) is 0 Å². The van der Waals surface area contributed by atoms with Gasteiger partial charge in [-0.25, -0.2) is 4.79 Å². The minimum absolute atomic E-state index is 0.0427. The first-order valence-electron chi connectivity index (χ1n) is 11.5. The molecular formula is C25H30O7S. The Labute approximate surface area is 194 Å². The first kappa shape index (κ1) is 22.6. The molecule has 0 radical (unpaired) electrons. The first-order valence-corrected chi connectivity index (χ1v) is 13.1. The molecule has 0 saturated heterocycles. The van der Waals surface area contributed by atoms with E-state index >= 15 is 0 Å². The molecule has 0 amide bonds. The number of carbonyl (C=O) groups excluding carboxylic acids is 2. The number of rotatable bonds is 6. The summed E-state index contributed by atoms with van der Waals surface area (Å²) in [6.45, 7) is 5.87. The minimum Gasteiger partial charge on any atom is -0.472 e. The number of fused-ring (bicyclic) bond motifs is 3. The van der Waals surface area contributed by atoms with E-state index in [0.29, 0.717) is 24.8 Å². The number of hydrogen-bond acceptors (Lipinski definition) is 7. The Bertz CT molecular complexity index is 1160. The van der Waals surface area contributed by atoms with E-state index < -0.39 is 33.0 Å². The van der Waals surface area contributed by atoms with Gasteiger partial charge in [0.25, 0.3) is 10.1 Å². The third kappa shape index (κ3) is 3.36. The Kier molecular flexibility index (Phi) is 5.07. The van der Waals surface area contributed by atoms with Gasteiger partial charge in [0.1, 0.15) is 11.9 Å². The van der Waals surface area contributed by atoms with Gasteiger partial charge in [0, 0.05) is 23.5 Å². The van der Waals surface area contributed by atoms with Crippen molar-refractivity contribution < 1.29 is 31.3 Å². The van der Waals surface area contributed by atoms with E-state index in [1.54, 1.807) is 18.6 Å². The third-order valence-electron chi connectivity index (χ3n) is 8.89. The number of Topliss-reactive ketones (excluding diaryl/α,β-unsaturated/α-hetero) is 1. The maximum absolute atomic E-state index is 13.1. The zero-order valence-electron chi connectivity index (χ0n) is 19.3. The van der Waals surface area contributed by atoms with Crippen molar-refractivity contribution in [2.75, 3.05) is 12.4 Å². The summed E-state index contributed by atoms with van der Waals surface area (Å²) in [5.74, 6) is -0.481.